The van der Waals surface area contributed by atoms with Gasteiger partial charge in [0.2, 0.25) is 0 Å². The molecule has 1 saturated heterocycles. The first-order valence-electron chi connectivity index (χ1n) is 4.96. The molecule has 0 spiro atoms. The van der Waals surface area contributed by atoms with Gasteiger partial charge in [0.05, 0.1) is 0 Å². The smallest absolute Gasteiger partial charge is 0.116 e. The zero-order valence-electron chi connectivity index (χ0n) is 7.96. The van der Waals surface area contributed by atoms with Gasteiger partial charge in [-0.1, -0.05) is 22.0 Å². The van der Waals surface area contributed by atoms with Gasteiger partial charge in [-0.15, -0.1) is 0 Å². The van der Waals surface area contributed by atoms with Crippen LogP contribution in [0, 0.1) is 0 Å². The number of rotatable bonds is 1. The van der Waals surface area contributed by atoms with Crippen LogP contribution in [0.5, 0.6) is 5.75 Å². The third kappa shape index (κ3) is 2.10. The van der Waals surface area contributed by atoms with Crippen LogP contribution in [0.25, 0.3) is 0 Å². The maximum absolute atomic E-state index is 9.29. The molecule has 0 unspecified atom stereocenters. The van der Waals surface area contributed by atoms with Crippen LogP contribution in [0.3, 0.4) is 0 Å². The minimum Gasteiger partial charge on any atom is -0.508 e. The second kappa shape index (κ2) is 4.32. The van der Waals surface area contributed by atoms with Crippen LogP contribution in [0.1, 0.15) is 24.3 Å². The number of hydrogen-bond donors (Lipinski definition) is 2. The first kappa shape index (κ1) is 9.99. The van der Waals surface area contributed by atoms with Crippen LogP contribution in [0.2, 0.25) is 0 Å². The molecule has 2 rings (SSSR count). The van der Waals surface area contributed by atoms with Crippen molar-refractivity contribution in [3.05, 3.63) is 28.2 Å². The van der Waals surface area contributed by atoms with E-state index in [1.54, 1.807) is 12.1 Å². The van der Waals surface area contributed by atoms with E-state index in [1.165, 1.54) is 18.4 Å². The summed E-state index contributed by atoms with van der Waals surface area (Å²) in [6.45, 7) is 2.19. The van der Waals surface area contributed by atoms with Gasteiger partial charge in [0.15, 0.2) is 0 Å². The molecule has 1 aliphatic rings. The second-order valence-electron chi connectivity index (χ2n) is 3.73. The maximum Gasteiger partial charge on any atom is 0.116 e. The summed E-state index contributed by atoms with van der Waals surface area (Å²) < 4.78 is 1.03. The quantitative estimate of drug-likeness (QED) is 0.809. The predicted octanol–water partition coefficient (Wildman–Crippen LogP) is 2.62. The van der Waals surface area contributed by atoms with E-state index >= 15 is 0 Å². The monoisotopic (exact) mass is 255 g/mol. The number of phenols is 1. The third-order valence-corrected chi connectivity index (χ3v) is 3.45. The molecule has 1 aromatic carbocycles. The lowest BCUT2D eigenvalue weighted by molar-refractivity contribution is 0.455. The Labute approximate surface area is 92.5 Å². The molecule has 14 heavy (non-hydrogen) atoms. The highest BCUT2D eigenvalue weighted by Gasteiger charge is 2.17. The van der Waals surface area contributed by atoms with Gasteiger partial charge in [0.25, 0.3) is 0 Å². The fraction of sp³-hybridized carbons (Fsp3) is 0.455. The standard InChI is InChI=1S/C11H14BrNO/c12-11-7-9(14)1-2-10(11)8-3-5-13-6-4-8/h1-2,7-8,13-14H,3-6H2. The van der Waals surface area contributed by atoms with Crippen LogP contribution < -0.4 is 5.32 Å². The fourth-order valence-corrected chi connectivity index (χ4v) is 2.67. The van der Waals surface area contributed by atoms with Gasteiger partial charge in [-0.25, -0.2) is 0 Å². The summed E-state index contributed by atoms with van der Waals surface area (Å²) in [6.07, 6.45) is 2.37. The van der Waals surface area contributed by atoms with Gasteiger partial charge < -0.3 is 10.4 Å². The molecule has 1 aliphatic heterocycles. The first-order chi connectivity index (χ1) is 6.77. The molecular weight excluding hydrogens is 242 g/mol. The Kier molecular flexibility index (Phi) is 3.08. The van der Waals surface area contributed by atoms with E-state index in [4.69, 9.17) is 0 Å². The van der Waals surface area contributed by atoms with Gasteiger partial charge in [0, 0.05) is 4.47 Å². The highest BCUT2D eigenvalue weighted by molar-refractivity contribution is 9.10. The number of benzene rings is 1. The van der Waals surface area contributed by atoms with E-state index in [1.807, 2.05) is 6.07 Å². The molecule has 3 heteroatoms. The molecule has 0 amide bonds. The molecule has 1 fully saturated rings. The van der Waals surface area contributed by atoms with Crippen molar-refractivity contribution in [1.82, 2.24) is 5.32 Å². The van der Waals surface area contributed by atoms with Crippen molar-refractivity contribution in [2.45, 2.75) is 18.8 Å². The van der Waals surface area contributed by atoms with Gasteiger partial charge in [-0.05, 0) is 49.5 Å². The zero-order chi connectivity index (χ0) is 9.97. The van der Waals surface area contributed by atoms with Crippen molar-refractivity contribution < 1.29 is 5.11 Å². The average molecular weight is 256 g/mol. The van der Waals surface area contributed by atoms with Crippen LogP contribution in [0.15, 0.2) is 22.7 Å². The van der Waals surface area contributed by atoms with Gasteiger partial charge in [-0.2, -0.15) is 0 Å². The van der Waals surface area contributed by atoms with Crippen molar-refractivity contribution >= 4 is 15.9 Å². The maximum atomic E-state index is 9.29. The fourth-order valence-electron chi connectivity index (χ4n) is 1.98. The molecule has 0 aliphatic carbocycles. The molecule has 76 valence electrons. The van der Waals surface area contributed by atoms with E-state index < -0.39 is 0 Å². The molecule has 0 saturated carbocycles. The Hall–Kier alpha value is -0.540. The van der Waals surface area contributed by atoms with Crippen LogP contribution in [0.4, 0.5) is 0 Å². The van der Waals surface area contributed by atoms with Crippen molar-refractivity contribution in [1.29, 1.82) is 0 Å². The SMILES string of the molecule is Oc1ccc(C2CCNCC2)c(Br)c1. The predicted molar refractivity (Wildman–Crippen MR) is 60.7 cm³/mol. The molecule has 0 aromatic heterocycles. The van der Waals surface area contributed by atoms with Crippen molar-refractivity contribution in [3.8, 4) is 5.75 Å². The normalized spacial score (nSPS) is 18.4. The average Bonchev–Trinajstić information content (AvgIpc) is 2.19. The Balaban J connectivity index is 2.22. The minimum absolute atomic E-state index is 0.328. The molecule has 2 N–H and O–H groups in total. The molecule has 1 heterocycles. The Morgan fingerprint density at radius 3 is 2.64 bits per heavy atom. The number of aromatic hydroxyl groups is 1. The summed E-state index contributed by atoms with van der Waals surface area (Å²) in [7, 11) is 0. The van der Waals surface area contributed by atoms with Crippen LogP contribution >= 0.6 is 15.9 Å². The number of phenolic OH excluding ortho intramolecular Hbond substituents is 1. The molecular formula is C11H14BrNO. The number of halogens is 1. The Bertz CT molecular complexity index is 321. The summed E-state index contributed by atoms with van der Waals surface area (Å²) in [4.78, 5) is 0. The number of piperidine rings is 1. The molecule has 1 aromatic rings. The molecule has 0 radical (unpaired) electrons. The topological polar surface area (TPSA) is 32.3 Å². The Morgan fingerprint density at radius 1 is 1.29 bits per heavy atom. The first-order valence-corrected chi connectivity index (χ1v) is 5.76. The Morgan fingerprint density at radius 2 is 2.00 bits per heavy atom. The minimum atomic E-state index is 0.328. The third-order valence-electron chi connectivity index (χ3n) is 2.76. The summed E-state index contributed by atoms with van der Waals surface area (Å²) in [5, 5.41) is 12.6. The summed E-state index contributed by atoms with van der Waals surface area (Å²) in [5.41, 5.74) is 1.32. The highest BCUT2D eigenvalue weighted by atomic mass is 79.9. The molecule has 0 bridgehead atoms. The number of nitrogens with one attached hydrogen (secondary N) is 1. The van der Waals surface area contributed by atoms with Gasteiger partial charge in [0.1, 0.15) is 5.75 Å². The lowest BCUT2D eigenvalue weighted by Crippen LogP contribution is -2.26. The lowest BCUT2D eigenvalue weighted by Gasteiger charge is -2.23. The molecule has 2 nitrogen and oxygen atoms in total. The lowest BCUT2D eigenvalue weighted by atomic mass is 9.90. The van der Waals surface area contributed by atoms with Crippen LogP contribution in [-0.4, -0.2) is 18.2 Å². The summed E-state index contributed by atoms with van der Waals surface area (Å²) in [6, 6.07) is 5.56. The van der Waals surface area contributed by atoms with Gasteiger partial charge >= 0.3 is 0 Å². The van der Waals surface area contributed by atoms with E-state index in [9.17, 15) is 5.11 Å². The largest absolute Gasteiger partial charge is 0.508 e. The van der Waals surface area contributed by atoms with Crippen molar-refractivity contribution in [2.24, 2.45) is 0 Å². The highest BCUT2D eigenvalue weighted by Crippen LogP contribution is 2.33. The van der Waals surface area contributed by atoms with E-state index in [0.29, 0.717) is 11.7 Å². The van der Waals surface area contributed by atoms with Crippen molar-refractivity contribution in [3.63, 3.8) is 0 Å². The molecule has 0 atom stereocenters. The second-order valence-corrected chi connectivity index (χ2v) is 4.58. The van der Waals surface area contributed by atoms with E-state index in [2.05, 4.69) is 21.2 Å². The van der Waals surface area contributed by atoms with E-state index in [0.717, 1.165) is 17.6 Å². The van der Waals surface area contributed by atoms with E-state index in [-0.39, 0.29) is 0 Å². The van der Waals surface area contributed by atoms with Crippen LogP contribution in [-0.2, 0) is 0 Å². The van der Waals surface area contributed by atoms with Gasteiger partial charge in [-0.3, -0.25) is 0 Å². The van der Waals surface area contributed by atoms with Crippen molar-refractivity contribution in [2.75, 3.05) is 13.1 Å². The summed E-state index contributed by atoms with van der Waals surface area (Å²) in [5.74, 6) is 0.959. The summed E-state index contributed by atoms with van der Waals surface area (Å²) >= 11 is 3.50. The zero-order valence-corrected chi connectivity index (χ0v) is 9.55. The number of hydrogen-bond acceptors (Lipinski definition) is 2.